The largest absolute Gasteiger partial charge is 0.368 e. The Kier molecular flexibility index (Phi) is 4.49. The lowest BCUT2D eigenvalue weighted by Crippen LogP contribution is -2.49. The number of hydrogen-bond acceptors (Lipinski definition) is 3. The summed E-state index contributed by atoms with van der Waals surface area (Å²) in [5.74, 6) is -0.368. The van der Waals surface area contributed by atoms with Crippen LogP contribution in [0.2, 0.25) is 0 Å². The lowest BCUT2D eigenvalue weighted by Gasteiger charge is -2.24. The van der Waals surface area contributed by atoms with Gasteiger partial charge < -0.3 is 11.1 Å². The SMILES string of the molecule is CC(C)NC(C(N)=O)C(C)n1cc(Br)cn1. The third-order valence-corrected chi connectivity index (χ3v) is 2.70. The summed E-state index contributed by atoms with van der Waals surface area (Å²) >= 11 is 3.32. The van der Waals surface area contributed by atoms with E-state index in [2.05, 4.69) is 26.3 Å². The van der Waals surface area contributed by atoms with Gasteiger partial charge in [-0.2, -0.15) is 5.10 Å². The van der Waals surface area contributed by atoms with Crippen LogP contribution in [0, 0.1) is 0 Å². The van der Waals surface area contributed by atoms with Gasteiger partial charge in [0.05, 0.1) is 16.7 Å². The van der Waals surface area contributed by atoms with Gasteiger partial charge in [0.1, 0.15) is 6.04 Å². The first-order chi connectivity index (χ1) is 7.41. The summed E-state index contributed by atoms with van der Waals surface area (Å²) in [6, 6.07) is -0.350. The van der Waals surface area contributed by atoms with Crippen LogP contribution in [0.25, 0.3) is 0 Å². The molecule has 0 saturated heterocycles. The van der Waals surface area contributed by atoms with E-state index in [9.17, 15) is 4.79 Å². The highest BCUT2D eigenvalue weighted by Crippen LogP contribution is 2.14. The fraction of sp³-hybridized carbons (Fsp3) is 0.600. The number of aromatic nitrogens is 2. The highest BCUT2D eigenvalue weighted by Gasteiger charge is 2.25. The average Bonchev–Trinajstić information content (AvgIpc) is 2.59. The summed E-state index contributed by atoms with van der Waals surface area (Å²) in [4.78, 5) is 11.4. The summed E-state index contributed by atoms with van der Waals surface area (Å²) in [6.45, 7) is 5.85. The van der Waals surface area contributed by atoms with Crippen LogP contribution in [0.1, 0.15) is 26.8 Å². The summed E-state index contributed by atoms with van der Waals surface area (Å²) < 4.78 is 2.60. The zero-order valence-corrected chi connectivity index (χ0v) is 11.2. The molecule has 1 rings (SSSR count). The molecule has 0 aliphatic heterocycles. The van der Waals surface area contributed by atoms with Crippen molar-refractivity contribution >= 4 is 21.8 Å². The maximum Gasteiger partial charge on any atom is 0.236 e. The number of amides is 1. The molecule has 6 heteroatoms. The van der Waals surface area contributed by atoms with E-state index < -0.39 is 6.04 Å². The molecule has 1 aromatic heterocycles. The van der Waals surface area contributed by atoms with Gasteiger partial charge in [-0.1, -0.05) is 13.8 Å². The summed E-state index contributed by atoms with van der Waals surface area (Å²) in [7, 11) is 0. The Labute approximate surface area is 104 Å². The fourth-order valence-corrected chi connectivity index (χ4v) is 1.81. The highest BCUT2D eigenvalue weighted by atomic mass is 79.9. The third-order valence-electron chi connectivity index (χ3n) is 2.29. The lowest BCUT2D eigenvalue weighted by molar-refractivity contribution is -0.121. The normalized spacial score (nSPS) is 15.1. The number of nitrogens with two attached hydrogens (primary N) is 1. The Morgan fingerprint density at radius 3 is 2.56 bits per heavy atom. The van der Waals surface area contributed by atoms with E-state index in [1.807, 2.05) is 27.0 Å². The van der Waals surface area contributed by atoms with Crippen molar-refractivity contribution in [3.63, 3.8) is 0 Å². The maximum absolute atomic E-state index is 11.4. The predicted octanol–water partition coefficient (Wildman–Crippen LogP) is 1.06. The van der Waals surface area contributed by atoms with Crippen molar-refractivity contribution in [2.24, 2.45) is 5.73 Å². The van der Waals surface area contributed by atoms with Gasteiger partial charge in [0.25, 0.3) is 0 Å². The van der Waals surface area contributed by atoms with Gasteiger partial charge in [0.15, 0.2) is 0 Å². The molecule has 16 heavy (non-hydrogen) atoms. The number of carbonyl (C=O) groups excluding carboxylic acids is 1. The van der Waals surface area contributed by atoms with E-state index >= 15 is 0 Å². The quantitative estimate of drug-likeness (QED) is 0.851. The van der Waals surface area contributed by atoms with Gasteiger partial charge in [0.2, 0.25) is 5.91 Å². The van der Waals surface area contributed by atoms with Gasteiger partial charge in [0, 0.05) is 12.2 Å². The molecule has 0 spiro atoms. The van der Waals surface area contributed by atoms with Crippen molar-refractivity contribution in [3.05, 3.63) is 16.9 Å². The van der Waals surface area contributed by atoms with E-state index in [1.165, 1.54) is 0 Å². The van der Waals surface area contributed by atoms with Crippen molar-refractivity contribution < 1.29 is 4.79 Å². The van der Waals surface area contributed by atoms with E-state index in [0.29, 0.717) is 0 Å². The molecule has 2 atom stereocenters. The minimum absolute atomic E-state index is 0.119. The molecule has 0 aliphatic rings. The van der Waals surface area contributed by atoms with Crippen LogP contribution in [-0.4, -0.2) is 27.8 Å². The minimum atomic E-state index is -0.424. The molecule has 1 aromatic rings. The zero-order valence-electron chi connectivity index (χ0n) is 9.64. The van der Waals surface area contributed by atoms with E-state index in [-0.39, 0.29) is 18.0 Å². The Bertz CT molecular complexity index is 363. The first kappa shape index (κ1) is 13.2. The number of halogens is 1. The Hall–Kier alpha value is -0.880. The molecular formula is C10H17BrN4O. The van der Waals surface area contributed by atoms with E-state index in [0.717, 1.165) is 4.47 Å². The van der Waals surface area contributed by atoms with Gasteiger partial charge in [-0.15, -0.1) is 0 Å². The van der Waals surface area contributed by atoms with Crippen LogP contribution in [0.5, 0.6) is 0 Å². The Morgan fingerprint density at radius 2 is 2.19 bits per heavy atom. The van der Waals surface area contributed by atoms with Crippen LogP contribution in [-0.2, 0) is 4.79 Å². The summed E-state index contributed by atoms with van der Waals surface area (Å²) in [5, 5.41) is 7.28. The lowest BCUT2D eigenvalue weighted by atomic mass is 10.1. The van der Waals surface area contributed by atoms with Crippen LogP contribution < -0.4 is 11.1 Å². The molecule has 0 radical (unpaired) electrons. The van der Waals surface area contributed by atoms with Gasteiger partial charge in [-0.05, 0) is 22.9 Å². The molecule has 1 amide bonds. The summed E-state index contributed by atoms with van der Waals surface area (Å²) in [6.07, 6.45) is 3.51. The molecule has 0 saturated carbocycles. The van der Waals surface area contributed by atoms with Crippen molar-refractivity contribution in [1.82, 2.24) is 15.1 Å². The monoisotopic (exact) mass is 288 g/mol. The number of nitrogens with one attached hydrogen (secondary N) is 1. The second-order valence-electron chi connectivity index (χ2n) is 4.08. The van der Waals surface area contributed by atoms with Crippen LogP contribution >= 0.6 is 15.9 Å². The number of rotatable bonds is 5. The van der Waals surface area contributed by atoms with Gasteiger partial charge in [-0.25, -0.2) is 0 Å². The van der Waals surface area contributed by atoms with E-state index in [1.54, 1.807) is 10.9 Å². The Balaban J connectivity index is 2.82. The standard InChI is InChI=1S/C10H17BrN4O/c1-6(2)14-9(10(12)16)7(3)15-5-8(11)4-13-15/h4-7,9,14H,1-3H3,(H2,12,16). The molecule has 0 fully saturated rings. The third kappa shape index (κ3) is 3.31. The first-order valence-electron chi connectivity index (χ1n) is 5.17. The first-order valence-corrected chi connectivity index (χ1v) is 5.96. The molecule has 2 unspecified atom stereocenters. The van der Waals surface area contributed by atoms with Crippen molar-refractivity contribution in [2.45, 2.75) is 38.9 Å². The minimum Gasteiger partial charge on any atom is -0.368 e. The van der Waals surface area contributed by atoms with Crippen LogP contribution in [0.4, 0.5) is 0 Å². The van der Waals surface area contributed by atoms with Crippen LogP contribution in [0.15, 0.2) is 16.9 Å². The second-order valence-corrected chi connectivity index (χ2v) is 5.00. The molecule has 3 N–H and O–H groups in total. The smallest absolute Gasteiger partial charge is 0.236 e. The number of carbonyl (C=O) groups is 1. The fourth-order valence-electron chi connectivity index (χ4n) is 1.51. The summed E-state index contributed by atoms with van der Waals surface area (Å²) in [5.41, 5.74) is 5.38. The average molecular weight is 289 g/mol. The molecule has 90 valence electrons. The van der Waals surface area contributed by atoms with E-state index in [4.69, 9.17) is 5.73 Å². The highest BCUT2D eigenvalue weighted by molar-refractivity contribution is 9.10. The van der Waals surface area contributed by atoms with Crippen LogP contribution in [0.3, 0.4) is 0 Å². The van der Waals surface area contributed by atoms with Gasteiger partial charge >= 0.3 is 0 Å². The Morgan fingerprint density at radius 1 is 1.56 bits per heavy atom. The molecule has 0 aliphatic carbocycles. The van der Waals surface area contributed by atoms with Crippen molar-refractivity contribution in [3.8, 4) is 0 Å². The van der Waals surface area contributed by atoms with Crippen molar-refractivity contribution in [1.29, 1.82) is 0 Å². The topological polar surface area (TPSA) is 72.9 Å². The predicted molar refractivity (Wildman–Crippen MR) is 65.9 cm³/mol. The zero-order chi connectivity index (χ0) is 12.3. The molecule has 1 heterocycles. The number of nitrogens with zero attached hydrogens (tertiary/aromatic N) is 2. The molecule has 5 nitrogen and oxygen atoms in total. The van der Waals surface area contributed by atoms with Gasteiger partial charge in [-0.3, -0.25) is 9.48 Å². The second kappa shape index (κ2) is 5.45. The van der Waals surface area contributed by atoms with Crippen molar-refractivity contribution in [2.75, 3.05) is 0 Å². The maximum atomic E-state index is 11.4. The molecular weight excluding hydrogens is 272 g/mol. The number of hydrogen-bond donors (Lipinski definition) is 2. The molecule has 0 aromatic carbocycles. The number of primary amides is 1. The molecule has 0 bridgehead atoms.